The monoisotopic (exact) mass is 584 g/mol. The Balaban J connectivity index is 1.75. The molecule has 2 aromatic heterocycles. The summed E-state index contributed by atoms with van der Waals surface area (Å²) in [4.78, 5) is 8.31. The molecule has 38 heavy (non-hydrogen) atoms. The van der Waals surface area contributed by atoms with Gasteiger partial charge in [0, 0.05) is 24.7 Å². The topological polar surface area (TPSA) is 155 Å². The van der Waals surface area contributed by atoms with Crippen LogP contribution in [0.4, 0.5) is 5.95 Å². The first-order valence-corrected chi connectivity index (χ1v) is 15.6. The lowest BCUT2D eigenvalue weighted by Gasteiger charge is -2.21. The minimum absolute atomic E-state index is 0.0274. The van der Waals surface area contributed by atoms with Crippen LogP contribution >= 0.6 is 11.6 Å². The van der Waals surface area contributed by atoms with Crippen molar-refractivity contribution in [2.24, 2.45) is 5.92 Å². The summed E-state index contributed by atoms with van der Waals surface area (Å²) in [6.45, 7) is 3.24. The average molecular weight is 585 g/mol. The number of para-hydroxylation sites is 1. The van der Waals surface area contributed by atoms with Crippen LogP contribution in [0.3, 0.4) is 0 Å². The number of nitrogens with one attached hydrogen (secondary N) is 1. The van der Waals surface area contributed by atoms with E-state index in [0.717, 1.165) is 0 Å². The van der Waals surface area contributed by atoms with Crippen LogP contribution in [0.1, 0.15) is 37.8 Å². The predicted octanol–water partition coefficient (Wildman–Crippen LogP) is 2.64. The van der Waals surface area contributed by atoms with Crippen molar-refractivity contribution in [2.75, 3.05) is 30.4 Å². The van der Waals surface area contributed by atoms with Crippen LogP contribution < -0.4 is 14.2 Å². The van der Waals surface area contributed by atoms with Gasteiger partial charge < -0.3 is 9.47 Å². The molecule has 1 N–H and O–H groups in total. The maximum atomic E-state index is 13.5. The second-order valence-electron chi connectivity index (χ2n) is 9.16. The molecule has 0 unspecified atom stereocenters. The van der Waals surface area contributed by atoms with Crippen LogP contribution in [-0.2, 0) is 26.3 Å². The molecule has 3 aromatic rings. The molecule has 3 atom stereocenters. The third-order valence-corrected chi connectivity index (χ3v) is 10.5. The molecule has 1 aromatic carbocycles. The zero-order valence-electron chi connectivity index (χ0n) is 21.3. The number of halogens is 1. The Hall–Kier alpha value is -2.97. The molecular weight excluding hydrogens is 556 g/mol. The van der Waals surface area contributed by atoms with Crippen molar-refractivity contribution in [3.63, 3.8) is 0 Å². The van der Waals surface area contributed by atoms with Crippen molar-refractivity contribution in [2.45, 2.75) is 37.9 Å². The number of nitrogens with zero attached hydrogens (tertiary/aromatic N) is 5. The quantitative estimate of drug-likeness (QED) is 0.376. The van der Waals surface area contributed by atoms with Crippen molar-refractivity contribution < 1.29 is 26.3 Å². The molecular formula is C23H29ClN6O6S2. The number of hydrogen-bond donors (Lipinski definition) is 1. The molecule has 0 bridgehead atoms. The Morgan fingerprint density at radius 3 is 2.32 bits per heavy atom. The lowest BCUT2D eigenvalue weighted by atomic mass is 10.0. The minimum atomic E-state index is -4.04. The number of hydrogen-bond acceptors (Lipinski definition) is 10. The number of ether oxygens (including phenoxy) is 2. The van der Waals surface area contributed by atoms with Crippen LogP contribution in [0.2, 0.25) is 5.02 Å². The van der Waals surface area contributed by atoms with E-state index < -0.39 is 31.0 Å². The van der Waals surface area contributed by atoms with Gasteiger partial charge in [0.2, 0.25) is 16.0 Å². The van der Waals surface area contributed by atoms with Gasteiger partial charge in [-0.2, -0.15) is 0 Å². The first-order valence-electron chi connectivity index (χ1n) is 11.8. The zero-order valence-corrected chi connectivity index (χ0v) is 23.7. The zero-order chi connectivity index (χ0) is 27.7. The molecule has 0 saturated carbocycles. The second-order valence-corrected chi connectivity index (χ2v) is 13.9. The van der Waals surface area contributed by atoms with E-state index >= 15 is 0 Å². The second kappa shape index (κ2) is 11.0. The molecule has 12 nitrogen and oxygen atoms in total. The molecule has 4 rings (SSSR count). The highest BCUT2D eigenvalue weighted by Gasteiger charge is 2.34. The normalized spacial score (nSPS) is 18.6. The summed E-state index contributed by atoms with van der Waals surface area (Å²) in [5, 5.41) is 7.78. The van der Waals surface area contributed by atoms with Gasteiger partial charge >= 0.3 is 0 Å². The molecule has 1 aliphatic rings. The van der Waals surface area contributed by atoms with Crippen molar-refractivity contribution >= 4 is 37.4 Å². The number of methoxy groups -OCH3 is 2. The summed E-state index contributed by atoms with van der Waals surface area (Å²) >= 11 is 5.87. The molecule has 0 radical (unpaired) electrons. The summed E-state index contributed by atoms with van der Waals surface area (Å²) in [6.07, 6.45) is 3.56. The van der Waals surface area contributed by atoms with Gasteiger partial charge in [0.05, 0.1) is 36.0 Å². The van der Waals surface area contributed by atoms with E-state index in [1.807, 2.05) is 0 Å². The third-order valence-electron chi connectivity index (χ3n) is 6.63. The van der Waals surface area contributed by atoms with Crippen LogP contribution in [0.5, 0.6) is 11.5 Å². The predicted molar refractivity (Wildman–Crippen MR) is 142 cm³/mol. The van der Waals surface area contributed by atoms with Gasteiger partial charge in [-0.25, -0.2) is 26.8 Å². The van der Waals surface area contributed by atoms with Gasteiger partial charge in [-0.1, -0.05) is 24.6 Å². The maximum absolute atomic E-state index is 13.5. The standard InChI is InChI=1S/C23H29ClN6O6S2/c1-14(22-25-11-17(24)12-26-22)15(2)38(33,34)29-23-28-27-20(10-16-8-9-37(31,32)13-16)30(23)21-18(35-3)6-5-7-19(21)36-4/h5-7,11-12,14-16H,8-10,13H2,1-4H3,(H,28,29)/t14-,15-,16-/m0/s1. The fourth-order valence-electron chi connectivity index (χ4n) is 4.35. The molecule has 1 saturated heterocycles. The van der Waals surface area contributed by atoms with Gasteiger partial charge in [0.25, 0.3) is 0 Å². The Kier molecular flexibility index (Phi) is 8.14. The van der Waals surface area contributed by atoms with Crippen molar-refractivity contribution in [3.05, 3.63) is 47.3 Å². The van der Waals surface area contributed by atoms with Crippen molar-refractivity contribution in [1.82, 2.24) is 24.7 Å². The summed E-state index contributed by atoms with van der Waals surface area (Å²) in [7, 11) is -4.21. The highest BCUT2D eigenvalue weighted by Crippen LogP contribution is 2.37. The summed E-state index contributed by atoms with van der Waals surface area (Å²) in [6, 6.07) is 5.12. The molecule has 0 aliphatic carbocycles. The molecule has 1 fully saturated rings. The van der Waals surface area contributed by atoms with Gasteiger partial charge in [0.1, 0.15) is 28.8 Å². The fraction of sp³-hybridized carbons (Fsp3) is 0.478. The van der Waals surface area contributed by atoms with Crippen LogP contribution in [0.15, 0.2) is 30.6 Å². The average Bonchev–Trinajstić information content (AvgIpc) is 3.43. The summed E-state index contributed by atoms with van der Waals surface area (Å²) < 4.78 is 66.3. The Labute approximate surface area is 226 Å². The molecule has 1 aliphatic heterocycles. The Morgan fingerprint density at radius 1 is 1.13 bits per heavy atom. The molecule has 0 spiro atoms. The van der Waals surface area contributed by atoms with Gasteiger partial charge in [-0.15, -0.1) is 10.2 Å². The van der Waals surface area contributed by atoms with Crippen LogP contribution in [-0.4, -0.2) is 72.5 Å². The number of aromatic nitrogens is 5. The molecule has 0 amide bonds. The van der Waals surface area contributed by atoms with E-state index in [4.69, 9.17) is 21.1 Å². The minimum Gasteiger partial charge on any atom is -0.494 e. The third kappa shape index (κ3) is 5.86. The molecule has 3 heterocycles. The van der Waals surface area contributed by atoms with Gasteiger partial charge in [-0.3, -0.25) is 9.29 Å². The van der Waals surface area contributed by atoms with Crippen molar-refractivity contribution in [3.8, 4) is 17.2 Å². The van der Waals surface area contributed by atoms with Gasteiger partial charge in [-0.05, 0) is 31.4 Å². The van der Waals surface area contributed by atoms with E-state index in [1.54, 1.807) is 32.0 Å². The van der Waals surface area contributed by atoms with Crippen LogP contribution in [0.25, 0.3) is 5.69 Å². The maximum Gasteiger partial charge on any atom is 0.243 e. The summed E-state index contributed by atoms with van der Waals surface area (Å²) in [5.74, 6) is 0.753. The van der Waals surface area contributed by atoms with E-state index in [0.29, 0.717) is 40.3 Å². The highest BCUT2D eigenvalue weighted by atomic mass is 35.5. The Bertz CT molecular complexity index is 1490. The first kappa shape index (κ1) is 28.0. The Morgan fingerprint density at radius 2 is 1.76 bits per heavy atom. The number of sulfonamides is 1. The SMILES string of the molecule is COc1cccc(OC)c1-n1c(C[C@@H]2CCS(=O)(=O)C2)nnc1NS(=O)(=O)[C@@H](C)[C@H](C)c1ncc(Cl)cn1. The number of sulfone groups is 1. The summed E-state index contributed by atoms with van der Waals surface area (Å²) in [5.41, 5.74) is 0.387. The lowest BCUT2D eigenvalue weighted by Crippen LogP contribution is -2.31. The number of anilines is 1. The first-order chi connectivity index (χ1) is 18.0. The molecule has 15 heteroatoms. The largest absolute Gasteiger partial charge is 0.494 e. The van der Waals surface area contributed by atoms with Gasteiger partial charge in [0.15, 0.2) is 9.84 Å². The van der Waals surface area contributed by atoms with E-state index in [1.165, 1.54) is 31.2 Å². The number of rotatable bonds is 10. The van der Waals surface area contributed by atoms with Crippen LogP contribution in [0, 0.1) is 5.92 Å². The van der Waals surface area contributed by atoms with E-state index in [9.17, 15) is 16.8 Å². The van der Waals surface area contributed by atoms with Crippen molar-refractivity contribution in [1.29, 1.82) is 0 Å². The molecule has 206 valence electrons. The smallest absolute Gasteiger partial charge is 0.243 e. The fourth-order valence-corrected chi connectivity index (χ4v) is 7.54. The number of benzene rings is 1. The van der Waals surface area contributed by atoms with E-state index in [-0.39, 0.29) is 29.8 Å². The lowest BCUT2D eigenvalue weighted by molar-refractivity contribution is 0.390. The van der Waals surface area contributed by atoms with E-state index in [2.05, 4.69) is 24.9 Å². The highest BCUT2D eigenvalue weighted by molar-refractivity contribution is 7.93.